The average Bonchev–Trinajstić information content (AvgIpc) is 2.38. The van der Waals surface area contributed by atoms with Crippen LogP contribution in [0.3, 0.4) is 0 Å². The van der Waals surface area contributed by atoms with E-state index in [0.717, 1.165) is 5.56 Å². The van der Waals surface area contributed by atoms with Crippen LogP contribution in [0.1, 0.15) is 21.5 Å². The van der Waals surface area contributed by atoms with E-state index in [-0.39, 0.29) is 11.5 Å². The third kappa shape index (κ3) is 3.16. The van der Waals surface area contributed by atoms with Crippen molar-refractivity contribution in [2.45, 2.75) is 13.5 Å². The number of alkyl halides is 2. The molecule has 0 saturated heterocycles. The Hall–Kier alpha value is -2.23. The molecule has 0 amide bonds. The van der Waals surface area contributed by atoms with Gasteiger partial charge in [-0.25, -0.2) is 0 Å². The molecule has 2 nitrogen and oxygen atoms in total. The second kappa shape index (κ2) is 5.61. The number of benzene rings is 2. The molecule has 0 aliphatic heterocycles. The van der Waals surface area contributed by atoms with E-state index in [1.807, 2.05) is 19.1 Å². The van der Waals surface area contributed by atoms with Gasteiger partial charge in [0.2, 0.25) is 0 Å². The molecule has 98 valence electrons. The SMILES string of the molecule is Cc1ccccc1C(=O)c1cccc(OC(F)F)c1. The summed E-state index contributed by atoms with van der Waals surface area (Å²) in [5, 5.41) is 0. The first kappa shape index (κ1) is 13.2. The van der Waals surface area contributed by atoms with Crippen molar-refractivity contribution in [1.29, 1.82) is 0 Å². The molecule has 2 aromatic rings. The molecule has 0 spiro atoms. The highest BCUT2D eigenvalue weighted by molar-refractivity contribution is 6.10. The van der Waals surface area contributed by atoms with Crippen molar-refractivity contribution in [3.63, 3.8) is 0 Å². The van der Waals surface area contributed by atoms with Crippen LogP contribution in [0.4, 0.5) is 8.78 Å². The molecule has 0 aliphatic carbocycles. The van der Waals surface area contributed by atoms with E-state index in [1.54, 1.807) is 18.2 Å². The smallest absolute Gasteiger partial charge is 0.387 e. The van der Waals surface area contributed by atoms with E-state index >= 15 is 0 Å². The normalized spacial score (nSPS) is 10.5. The largest absolute Gasteiger partial charge is 0.435 e. The van der Waals surface area contributed by atoms with Crippen molar-refractivity contribution >= 4 is 5.78 Å². The van der Waals surface area contributed by atoms with E-state index in [2.05, 4.69) is 4.74 Å². The fourth-order valence-electron chi connectivity index (χ4n) is 1.80. The van der Waals surface area contributed by atoms with Crippen molar-refractivity contribution < 1.29 is 18.3 Å². The highest BCUT2D eigenvalue weighted by atomic mass is 19.3. The predicted octanol–water partition coefficient (Wildman–Crippen LogP) is 3.83. The number of rotatable bonds is 4. The molecule has 0 aromatic heterocycles. The fraction of sp³-hybridized carbons (Fsp3) is 0.133. The molecular formula is C15H12F2O2. The minimum atomic E-state index is -2.90. The first-order chi connectivity index (χ1) is 9.08. The number of halogens is 2. The summed E-state index contributed by atoms with van der Waals surface area (Å²) >= 11 is 0. The van der Waals surface area contributed by atoms with Crippen LogP contribution in [0.25, 0.3) is 0 Å². The van der Waals surface area contributed by atoms with Gasteiger partial charge in [0.05, 0.1) is 0 Å². The molecule has 0 saturated carbocycles. The van der Waals surface area contributed by atoms with Gasteiger partial charge in [0.1, 0.15) is 5.75 Å². The first-order valence-corrected chi connectivity index (χ1v) is 5.73. The number of hydrogen-bond donors (Lipinski definition) is 0. The second-order valence-electron chi connectivity index (χ2n) is 4.05. The van der Waals surface area contributed by atoms with Gasteiger partial charge in [-0.1, -0.05) is 36.4 Å². The third-order valence-electron chi connectivity index (χ3n) is 2.71. The van der Waals surface area contributed by atoms with Gasteiger partial charge in [-0.05, 0) is 24.6 Å². The van der Waals surface area contributed by atoms with Crippen molar-refractivity contribution in [1.82, 2.24) is 0 Å². The lowest BCUT2D eigenvalue weighted by molar-refractivity contribution is -0.0498. The zero-order valence-corrected chi connectivity index (χ0v) is 10.3. The highest BCUT2D eigenvalue weighted by Crippen LogP contribution is 2.19. The van der Waals surface area contributed by atoms with E-state index in [9.17, 15) is 13.6 Å². The summed E-state index contributed by atoms with van der Waals surface area (Å²) in [7, 11) is 0. The molecule has 0 N–H and O–H groups in total. The molecule has 4 heteroatoms. The molecular weight excluding hydrogens is 250 g/mol. The number of ketones is 1. The van der Waals surface area contributed by atoms with Crippen LogP contribution in [-0.2, 0) is 0 Å². The number of carbonyl (C=O) groups excluding carboxylic acids is 1. The Kier molecular flexibility index (Phi) is 3.90. The summed E-state index contributed by atoms with van der Waals surface area (Å²) in [5.41, 5.74) is 1.72. The summed E-state index contributed by atoms with van der Waals surface area (Å²) in [6.45, 7) is -1.07. The van der Waals surface area contributed by atoms with Gasteiger partial charge in [0.15, 0.2) is 5.78 Å². The topological polar surface area (TPSA) is 26.3 Å². The molecule has 0 bridgehead atoms. The Labute approximate surface area is 109 Å². The molecule has 0 fully saturated rings. The van der Waals surface area contributed by atoms with Crippen molar-refractivity contribution in [3.05, 3.63) is 65.2 Å². The Balaban J connectivity index is 2.32. The summed E-state index contributed by atoms with van der Waals surface area (Å²) in [6, 6.07) is 12.9. The van der Waals surface area contributed by atoms with Gasteiger partial charge in [-0.15, -0.1) is 0 Å². The van der Waals surface area contributed by atoms with Gasteiger partial charge >= 0.3 is 6.61 Å². The number of ether oxygens (including phenoxy) is 1. The lowest BCUT2D eigenvalue weighted by Gasteiger charge is -2.07. The van der Waals surface area contributed by atoms with E-state index in [0.29, 0.717) is 11.1 Å². The molecule has 0 aliphatic rings. The Bertz CT molecular complexity index is 594. The van der Waals surface area contributed by atoms with Crippen molar-refractivity contribution in [2.24, 2.45) is 0 Å². The van der Waals surface area contributed by atoms with Crippen LogP contribution in [0.15, 0.2) is 48.5 Å². The Morgan fingerprint density at radius 2 is 1.84 bits per heavy atom. The minimum absolute atomic E-state index is 0.0190. The molecule has 19 heavy (non-hydrogen) atoms. The molecule has 0 heterocycles. The van der Waals surface area contributed by atoms with Gasteiger partial charge in [0.25, 0.3) is 0 Å². The lowest BCUT2D eigenvalue weighted by atomic mass is 9.99. The van der Waals surface area contributed by atoms with Crippen molar-refractivity contribution in [2.75, 3.05) is 0 Å². The van der Waals surface area contributed by atoms with Crippen LogP contribution in [0, 0.1) is 6.92 Å². The van der Waals surface area contributed by atoms with E-state index in [4.69, 9.17) is 0 Å². The van der Waals surface area contributed by atoms with Crippen LogP contribution in [0.2, 0.25) is 0 Å². The number of carbonyl (C=O) groups is 1. The van der Waals surface area contributed by atoms with Gasteiger partial charge in [-0.2, -0.15) is 8.78 Å². The van der Waals surface area contributed by atoms with Crippen LogP contribution in [-0.4, -0.2) is 12.4 Å². The standard InChI is InChI=1S/C15H12F2O2/c1-10-5-2-3-8-13(10)14(18)11-6-4-7-12(9-11)19-15(16)17/h2-9,15H,1H3. The highest BCUT2D eigenvalue weighted by Gasteiger charge is 2.13. The quantitative estimate of drug-likeness (QED) is 0.783. The van der Waals surface area contributed by atoms with Crippen LogP contribution >= 0.6 is 0 Å². The maximum absolute atomic E-state index is 12.3. The average molecular weight is 262 g/mol. The molecule has 2 rings (SSSR count). The molecule has 0 atom stereocenters. The number of hydrogen-bond acceptors (Lipinski definition) is 2. The van der Waals surface area contributed by atoms with Crippen LogP contribution < -0.4 is 4.74 Å². The maximum atomic E-state index is 12.3. The summed E-state index contributed by atoms with van der Waals surface area (Å²) in [5.74, 6) is -0.229. The fourth-order valence-corrected chi connectivity index (χ4v) is 1.80. The number of aryl methyl sites for hydroxylation is 1. The monoisotopic (exact) mass is 262 g/mol. The first-order valence-electron chi connectivity index (χ1n) is 5.73. The van der Waals surface area contributed by atoms with Gasteiger partial charge in [0, 0.05) is 11.1 Å². The summed E-state index contributed by atoms with van der Waals surface area (Å²) < 4.78 is 28.6. The third-order valence-corrected chi connectivity index (χ3v) is 2.71. The zero-order valence-electron chi connectivity index (χ0n) is 10.3. The van der Waals surface area contributed by atoms with Crippen molar-refractivity contribution in [3.8, 4) is 5.75 Å². The molecule has 2 aromatic carbocycles. The Morgan fingerprint density at radius 1 is 1.11 bits per heavy atom. The summed E-state index contributed by atoms with van der Waals surface area (Å²) in [4.78, 5) is 12.3. The predicted molar refractivity (Wildman–Crippen MR) is 67.7 cm³/mol. The second-order valence-corrected chi connectivity index (χ2v) is 4.05. The molecule has 0 radical (unpaired) electrons. The summed E-state index contributed by atoms with van der Waals surface area (Å²) in [6.07, 6.45) is 0. The Morgan fingerprint density at radius 3 is 2.53 bits per heavy atom. The van der Waals surface area contributed by atoms with E-state index < -0.39 is 6.61 Å². The lowest BCUT2D eigenvalue weighted by Crippen LogP contribution is -2.06. The maximum Gasteiger partial charge on any atom is 0.387 e. The molecule has 0 unspecified atom stereocenters. The van der Waals surface area contributed by atoms with E-state index in [1.165, 1.54) is 18.2 Å². The minimum Gasteiger partial charge on any atom is -0.435 e. The van der Waals surface area contributed by atoms with Crippen LogP contribution in [0.5, 0.6) is 5.75 Å². The van der Waals surface area contributed by atoms with Gasteiger partial charge in [-0.3, -0.25) is 4.79 Å². The zero-order chi connectivity index (χ0) is 13.8. The van der Waals surface area contributed by atoms with Gasteiger partial charge < -0.3 is 4.74 Å².